The zero-order valence-electron chi connectivity index (χ0n) is 7.26. The van der Waals surface area contributed by atoms with Gasteiger partial charge in [-0.1, -0.05) is 25.2 Å². The molecular formula is C11H18. The van der Waals surface area contributed by atoms with Crippen LogP contribution in [0, 0.1) is 19.8 Å². The van der Waals surface area contributed by atoms with Crippen LogP contribution >= 0.6 is 0 Å². The fourth-order valence-corrected chi connectivity index (χ4v) is 0.948. The molecule has 0 aromatic rings. The van der Waals surface area contributed by atoms with Crippen LogP contribution in [-0.4, -0.2) is 0 Å². The highest BCUT2D eigenvalue weighted by molar-refractivity contribution is 4.84. The number of rotatable bonds is 6. The van der Waals surface area contributed by atoms with Crippen LogP contribution in [0.5, 0.6) is 0 Å². The van der Waals surface area contributed by atoms with Crippen molar-refractivity contribution >= 4 is 0 Å². The van der Waals surface area contributed by atoms with Crippen LogP contribution in [0.4, 0.5) is 0 Å². The van der Waals surface area contributed by atoms with Crippen LogP contribution in [0.2, 0.25) is 0 Å². The minimum Gasteiger partial charge on any atom is -0.103 e. The minimum atomic E-state index is 0.573. The molecule has 0 spiro atoms. The predicted octanol–water partition coefficient (Wildman–Crippen LogP) is 3.57. The average Bonchev–Trinajstić information content (AvgIpc) is 2.01. The molecule has 0 aromatic carbocycles. The SMILES string of the molecule is [CH2]C=CCCC([CH2])CCC=C. The minimum absolute atomic E-state index is 0.573. The fraction of sp³-hybridized carbons (Fsp3) is 0.455. The van der Waals surface area contributed by atoms with E-state index in [-0.39, 0.29) is 0 Å². The molecule has 0 N–H and O–H groups in total. The first-order chi connectivity index (χ1) is 5.31. The summed E-state index contributed by atoms with van der Waals surface area (Å²) in [5.41, 5.74) is 0. The topological polar surface area (TPSA) is 0 Å². The van der Waals surface area contributed by atoms with Gasteiger partial charge in [0.2, 0.25) is 0 Å². The fourth-order valence-electron chi connectivity index (χ4n) is 0.948. The van der Waals surface area contributed by atoms with E-state index in [1.54, 1.807) is 0 Å². The summed E-state index contributed by atoms with van der Waals surface area (Å²) in [4.78, 5) is 0. The molecule has 0 heteroatoms. The zero-order valence-corrected chi connectivity index (χ0v) is 7.26. The summed E-state index contributed by atoms with van der Waals surface area (Å²) >= 11 is 0. The Morgan fingerprint density at radius 3 is 2.36 bits per heavy atom. The molecule has 1 atom stereocenters. The molecular weight excluding hydrogens is 132 g/mol. The van der Waals surface area contributed by atoms with E-state index in [4.69, 9.17) is 0 Å². The Morgan fingerprint density at radius 2 is 1.82 bits per heavy atom. The van der Waals surface area contributed by atoms with Crippen molar-refractivity contribution < 1.29 is 0 Å². The van der Waals surface area contributed by atoms with Gasteiger partial charge in [0, 0.05) is 0 Å². The molecule has 0 aliphatic carbocycles. The van der Waals surface area contributed by atoms with E-state index in [1.165, 1.54) is 6.42 Å². The highest BCUT2D eigenvalue weighted by Crippen LogP contribution is 2.12. The van der Waals surface area contributed by atoms with Gasteiger partial charge in [-0.05, 0) is 38.5 Å². The van der Waals surface area contributed by atoms with Crippen molar-refractivity contribution in [3.05, 3.63) is 38.7 Å². The van der Waals surface area contributed by atoms with Crippen LogP contribution in [0.15, 0.2) is 24.8 Å². The summed E-state index contributed by atoms with van der Waals surface area (Å²) in [7, 11) is 0. The van der Waals surface area contributed by atoms with Crippen LogP contribution in [-0.2, 0) is 0 Å². The summed E-state index contributed by atoms with van der Waals surface area (Å²) in [5.74, 6) is 0.573. The maximum Gasteiger partial charge on any atom is -0.0316 e. The van der Waals surface area contributed by atoms with Crippen molar-refractivity contribution in [1.29, 1.82) is 0 Å². The lowest BCUT2D eigenvalue weighted by molar-refractivity contribution is 0.552. The Morgan fingerprint density at radius 1 is 1.18 bits per heavy atom. The molecule has 2 radical (unpaired) electrons. The van der Waals surface area contributed by atoms with Crippen LogP contribution in [0.1, 0.15) is 25.7 Å². The van der Waals surface area contributed by atoms with Gasteiger partial charge in [0.05, 0.1) is 0 Å². The highest BCUT2D eigenvalue weighted by atomic mass is 14.0. The molecule has 0 nitrogen and oxygen atoms in total. The summed E-state index contributed by atoms with van der Waals surface area (Å²) in [5, 5.41) is 0. The maximum absolute atomic E-state index is 4.05. The first-order valence-corrected chi connectivity index (χ1v) is 4.19. The molecule has 0 aromatic heterocycles. The summed E-state index contributed by atoms with van der Waals surface area (Å²) in [6.45, 7) is 11.4. The summed E-state index contributed by atoms with van der Waals surface area (Å²) in [6, 6.07) is 0. The molecule has 0 bridgehead atoms. The lowest BCUT2D eigenvalue weighted by Crippen LogP contribution is -1.92. The molecule has 11 heavy (non-hydrogen) atoms. The third kappa shape index (κ3) is 7.38. The second-order valence-corrected chi connectivity index (χ2v) is 2.78. The van der Waals surface area contributed by atoms with E-state index < -0.39 is 0 Å². The largest absolute Gasteiger partial charge is 0.103 e. The van der Waals surface area contributed by atoms with E-state index in [0.717, 1.165) is 19.3 Å². The van der Waals surface area contributed by atoms with Crippen molar-refractivity contribution in [2.24, 2.45) is 5.92 Å². The van der Waals surface area contributed by atoms with Gasteiger partial charge in [0.15, 0.2) is 0 Å². The van der Waals surface area contributed by atoms with Gasteiger partial charge < -0.3 is 0 Å². The quantitative estimate of drug-likeness (QED) is 0.508. The van der Waals surface area contributed by atoms with Gasteiger partial charge in [-0.3, -0.25) is 0 Å². The molecule has 0 heterocycles. The zero-order chi connectivity index (χ0) is 8.53. The van der Waals surface area contributed by atoms with Crippen molar-refractivity contribution in [2.75, 3.05) is 0 Å². The van der Waals surface area contributed by atoms with Crippen LogP contribution in [0.3, 0.4) is 0 Å². The Hall–Kier alpha value is -0.520. The normalized spacial score (nSPS) is 13.6. The first kappa shape index (κ1) is 10.5. The lowest BCUT2D eigenvalue weighted by atomic mass is 10.00. The Labute approximate surface area is 71.0 Å². The number of allylic oxidation sites excluding steroid dienone is 3. The Kier molecular flexibility index (Phi) is 7.23. The molecule has 0 aliphatic rings. The summed E-state index contributed by atoms with van der Waals surface area (Å²) in [6.07, 6.45) is 10.4. The molecule has 0 rings (SSSR count). The molecule has 0 aliphatic heterocycles. The van der Waals surface area contributed by atoms with Gasteiger partial charge in [-0.2, -0.15) is 0 Å². The third-order valence-electron chi connectivity index (χ3n) is 1.69. The Balaban J connectivity index is 3.21. The molecule has 62 valence electrons. The van der Waals surface area contributed by atoms with E-state index in [2.05, 4.69) is 26.5 Å². The average molecular weight is 150 g/mol. The standard InChI is InChI=1S/C11H18/c1-4-6-8-10-11(3)9-7-5-2/h4-6,11H,1-3,7-10H2. The van der Waals surface area contributed by atoms with Gasteiger partial charge in [-0.25, -0.2) is 0 Å². The highest BCUT2D eigenvalue weighted by Gasteiger charge is 1.97. The maximum atomic E-state index is 4.05. The smallest absolute Gasteiger partial charge is 0.0316 e. The van der Waals surface area contributed by atoms with Gasteiger partial charge in [-0.15, -0.1) is 6.58 Å². The molecule has 0 saturated heterocycles. The van der Waals surface area contributed by atoms with Crippen molar-refractivity contribution in [3.63, 3.8) is 0 Å². The van der Waals surface area contributed by atoms with E-state index in [0.29, 0.717) is 5.92 Å². The molecule has 0 saturated carbocycles. The number of hydrogen-bond donors (Lipinski definition) is 0. The lowest BCUT2D eigenvalue weighted by Gasteiger charge is -2.06. The van der Waals surface area contributed by atoms with Crippen LogP contribution in [0.25, 0.3) is 0 Å². The second-order valence-electron chi connectivity index (χ2n) is 2.78. The summed E-state index contributed by atoms with van der Waals surface area (Å²) < 4.78 is 0. The monoisotopic (exact) mass is 150 g/mol. The van der Waals surface area contributed by atoms with Gasteiger partial charge >= 0.3 is 0 Å². The van der Waals surface area contributed by atoms with Crippen molar-refractivity contribution in [2.45, 2.75) is 25.7 Å². The second kappa shape index (κ2) is 7.59. The van der Waals surface area contributed by atoms with E-state index >= 15 is 0 Å². The third-order valence-corrected chi connectivity index (χ3v) is 1.69. The van der Waals surface area contributed by atoms with Gasteiger partial charge in [0.25, 0.3) is 0 Å². The molecule has 0 amide bonds. The first-order valence-electron chi connectivity index (χ1n) is 4.19. The predicted molar refractivity (Wildman–Crippen MR) is 52.0 cm³/mol. The number of hydrogen-bond acceptors (Lipinski definition) is 0. The van der Waals surface area contributed by atoms with E-state index in [9.17, 15) is 0 Å². The van der Waals surface area contributed by atoms with Crippen molar-refractivity contribution in [1.82, 2.24) is 0 Å². The van der Waals surface area contributed by atoms with Gasteiger partial charge in [0.1, 0.15) is 0 Å². The molecule has 1 unspecified atom stereocenters. The Bertz CT molecular complexity index is 111. The van der Waals surface area contributed by atoms with E-state index in [1.807, 2.05) is 12.2 Å². The van der Waals surface area contributed by atoms with Crippen LogP contribution < -0.4 is 0 Å². The van der Waals surface area contributed by atoms with Crippen molar-refractivity contribution in [3.8, 4) is 0 Å². The molecule has 0 fully saturated rings.